The molecule has 24 heavy (non-hydrogen) atoms. The molecule has 2 aromatic carbocycles. The van der Waals surface area contributed by atoms with Gasteiger partial charge in [-0.25, -0.2) is 4.79 Å². The number of fused-ring (bicyclic) bond motifs is 1. The van der Waals surface area contributed by atoms with Crippen molar-refractivity contribution in [2.45, 2.75) is 18.9 Å². The van der Waals surface area contributed by atoms with Crippen LogP contribution in [0.15, 0.2) is 48.5 Å². The molecule has 1 heterocycles. The summed E-state index contributed by atoms with van der Waals surface area (Å²) in [7, 11) is 0. The molecule has 0 saturated carbocycles. The van der Waals surface area contributed by atoms with Gasteiger partial charge in [0, 0.05) is 12.5 Å². The molecule has 122 valence electrons. The zero-order valence-corrected chi connectivity index (χ0v) is 12.8. The van der Waals surface area contributed by atoms with E-state index in [1.807, 2.05) is 0 Å². The molecule has 7 heteroatoms. The normalized spacial score (nSPS) is 19.1. The SMILES string of the molecule is C[C@]1(C(=O)Nc2ccccc2[N+](=O)[O-])Cc2ccccc2C(=O)O1. The summed E-state index contributed by atoms with van der Waals surface area (Å²) in [6, 6.07) is 12.7. The Bertz CT molecular complexity index is 848. The van der Waals surface area contributed by atoms with Crippen molar-refractivity contribution < 1.29 is 19.2 Å². The first-order chi connectivity index (χ1) is 11.4. The van der Waals surface area contributed by atoms with E-state index in [1.165, 1.54) is 25.1 Å². The van der Waals surface area contributed by atoms with Gasteiger partial charge in [-0.1, -0.05) is 30.3 Å². The van der Waals surface area contributed by atoms with Gasteiger partial charge in [-0.05, 0) is 24.6 Å². The molecule has 0 spiro atoms. The topological polar surface area (TPSA) is 98.5 Å². The Kier molecular flexibility index (Phi) is 3.76. The third-order valence-electron chi connectivity index (χ3n) is 3.91. The van der Waals surface area contributed by atoms with Crippen LogP contribution in [0.5, 0.6) is 0 Å². The second-order valence-electron chi connectivity index (χ2n) is 5.68. The summed E-state index contributed by atoms with van der Waals surface area (Å²) in [4.78, 5) is 35.2. The molecule has 1 aliphatic heterocycles. The number of ether oxygens (including phenoxy) is 1. The van der Waals surface area contributed by atoms with Crippen LogP contribution in [-0.4, -0.2) is 22.4 Å². The predicted octanol–water partition coefficient (Wildman–Crippen LogP) is 2.71. The van der Waals surface area contributed by atoms with E-state index in [0.29, 0.717) is 11.1 Å². The number of para-hydroxylation sites is 2. The zero-order valence-electron chi connectivity index (χ0n) is 12.8. The van der Waals surface area contributed by atoms with Crippen molar-refractivity contribution in [1.82, 2.24) is 0 Å². The van der Waals surface area contributed by atoms with E-state index >= 15 is 0 Å². The molecule has 7 nitrogen and oxygen atoms in total. The maximum Gasteiger partial charge on any atom is 0.339 e. The largest absolute Gasteiger partial charge is 0.445 e. The number of rotatable bonds is 3. The zero-order chi connectivity index (χ0) is 17.3. The maximum atomic E-state index is 12.6. The van der Waals surface area contributed by atoms with Crippen molar-refractivity contribution in [2.75, 3.05) is 5.32 Å². The number of nitro benzene ring substituents is 1. The Hall–Kier alpha value is -3.22. The summed E-state index contributed by atoms with van der Waals surface area (Å²) in [6.07, 6.45) is 0.196. The first kappa shape index (κ1) is 15.7. The van der Waals surface area contributed by atoms with Crippen LogP contribution >= 0.6 is 0 Å². The standard InChI is InChI=1S/C17H14N2O5/c1-17(10-11-6-2-3-7-12(11)15(20)24-17)16(21)18-13-8-4-5-9-14(13)19(22)23/h2-9H,10H2,1H3,(H,18,21)/t17-/m1/s1. The van der Waals surface area contributed by atoms with Gasteiger partial charge in [0.1, 0.15) is 5.69 Å². The molecule has 0 unspecified atom stereocenters. The highest BCUT2D eigenvalue weighted by Crippen LogP contribution is 2.31. The third-order valence-corrected chi connectivity index (χ3v) is 3.91. The maximum absolute atomic E-state index is 12.6. The summed E-state index contributed by atoms with van der Waals surface area (Å²) in [5, 5.41) is 13.5. The van der Waals surface area contributed by atoms with Gasteiger partial charge in [0.25, 0.3) is 11.6 Å². The first-order valence-electron chi connectivity index (χ1n) is 7.27. The quantitative estimate of drug-likeness (QED) is 0.531. The van der Waals surface area contributed by atoms with Crippen LogP contribution in [0.1, 0.15) is 22.8 Å². The lowest BCUT2D eigenvalue weighted by Gasteiger charge is -2.32. The Labute approximate surface area is 137 Å². The van der Waals surface area contributed by atoms with Crippen LogP contribution in [0.4, 0.5) is 11.4 Å². The number of esters is 1. The Balaban J connectivity index is 1.89. The number of carbonyl (C=O) groups excluding carboxylic acids is 2. The summed E-state index contributed by atoms with van der Waals surface area (Å²) in [6.45, 7) is 1.49. The minimum atomic E-state index is -1.44. The van der Waals surface area contributed by atoms with Gasteiger partial charge in [0.05, 0.1) is 10.5 Å². The fourth-order valence-electron chi connectivity index (χ4n) is 2.65. The second-order valence-corrected chi connectivity index (χ2v) is 5.68. The lowest BCUT2D eigenvalue weighted by molar-refractivity contribution is -0.383. The molecule has 2 aromatic rings. The second kappa shape index (κ2) is 5.77. The summed E-state index contributed by atoms with van der Waals surface area (Å²) in [5.74, 6) is -1.20. The predicted molar refractivity (Wildman–Crippen MR) is 85.7 cm³/mol. The average Bonchev–Trinajstić information content (AvgIpc) is 2.55. The van der Waals surface area contributed by atoms with E-state index in [4.69, 9.17) is 4.74 Å². The highest BCUT2D eigenvalue weighted by atomic mass is 16.6. The highest BCUT2D eigenvalue weighted by Gasteiger charge is 2.43. The minimum Gasteiger partial charge on any atom is -0.445 e. The van der Waals surface area contributed by atoms with Gasteiger partial charge < -0.3 is 10.1 Å². The average molecular weight is 326 g/mol. The fraction of sp³-hybridized carbons (Fsp3) is 0.176. The van der Waals surface area contributed by atoms with Crippen LogP contribution < -0.4 is 5.32 Å². The highest BCUT2D eigenvalue weighted by molar-refractivity contribution is 6.03. The van der Waals surface area contributed by atoms with Crippen molar-refractivity contribution in [3.63, 3.8) is 0 Å². The Morgan fingerprint density at radius 3 is 2.62 bits per heavy atom. The number of cyclic esters (lactones) is 1. The van der Waals surface area contributed by atoms with Crippen LogP contribution in [0.25, 0.3) is 0 Å². The van der Waals surface area contributed by atoms with Crippen molar-refractivity contribution in [2.24, 2.45) is 0 Å². The number of nitro groups is 1. The number of benzene rings is 2. The van der Waals surface area contributed by atoms with E-state index in [0.717, 1.165) is 0 Å². The van der Waals surface area contributed by atoms with Crippen LogP contribution in [-0.2, 0) is 16.0 Å². The number of hydrogen-bond acceptors (Lipinski definition) is 5. The van der Waals surface area contributed by atoms with E-state index in [9.17, 15) is 19.7 Å². The van der Waals surface area contributed by atoms with Crippen molar-refractivity contribution >= 4 is 23.3 Å². The van der Waals surface area contributed by atoms with E-state index in [2.05, 4.69) is 5.32 Å². The monoisotopic (exact) mass is 326 g/mol. The molecule has 1 aliphatic rings. The Morgan fingerprint density at radius 1 is 1.21 bits per heavy atom. The van der Waals surface area contributed by atoms with Crippen LogP contribution in [0.2, 0.25) is 0 Å². The smallest absolute Gasteiger partial charge is 0.339 e. The van der Waals surface area contributed by atoms with Crippen molar-refractivity contribution in [3.8, 4) is 0 Å². The Morgan fingerprint density at radius 2 is 1.88 bits per heavy atom. The molecule has 0 bridgehead atoms. The first-order valence-corrected chi connectivity index (χ1v) is 7.27. The summed E-state index contributed by atoms with van der Waals surface area (Å²) in [5.41, 5.74) is -0.474. The van der Waals surface area contributed by atoms with Crippen LogP contribution in [0, 0.1) is 10.1 Å². The molecule has 1 N–H and O–H groups in total. The van der Waals surface area contributed by atoms with Gasteiger partial charge in [0.15, 0.2) is 5.60 Å². The molecule has 0 saturated heterocycles. The number of anilines is 1. The third kappa shape index (κ3) is 2.71. The number of nitrogens with one attached hydrogen (secondary N) is 1. The van der Waals surface area contributed by atoms with E-state index in [1.54, 1.807) is 30.3 Å². The molecule has 3 rings (SSSR count). The van der Waals surface area contributed by atoms with Crippen molar-refractivity contribution in [3.05, 3.63) is 69.8 Å². The van der Waals surface area contributed by atoms with E-state index in [-0.39, 0.29) is 17.8 Å². The number of hydrogen-bond donors (Lipinski definition) is 1. The van der Waals surface area contributed by atoms with Gasteiger partial charge in [-0.15, -0.1) is 0 Å². The molecule has 1 amide bonds. The summed E-state index contributed by atoms with van der Waals surface area (Å²) < 4.78 is 5.31. The van der Waals surface area contributed by atoms with Crippen molar-refractivity contribution in [1.29, 1.82) is 0 Å². The fourth-order valence-corrected chi connectivity index (χ4v) is 2.65. The molecule has 0 aromatic heterocycles. The van der Waals surface area contributed by atoms with Gasteiger partial charge in [-0.3, -0.25) is 14.9 Å². The molecule has 1 atom stereocenters. The molecule has 0 fully saturated rings. The molecular weight excluding hydrogens is 312 g/mol. The van der Waals surface area contributed by atoms with Gasteiger partial charge >= 0.3 is 5.97 Å². The molecular formula is C17H14N2O5. The minimum absolute atomic E-state index is 0.0589. The number of amides is 1. The van der Waals surface area contributed by atoms with E-state index < -0.39 is 22.4 Å². The lowest BCUT2D eigenvalue weighted by Crippen LogP contribution is -2.48. The number of nitrogens with zero attached hydrogens (tertiary/aromatic N) is 1. The van der Waals surface area contributed by atoms with Gasteiger partial charge in [0.2, 0.25) is 0 Å². The van der Waals surface area contributed by atoms with Gasteiger partial charge in [-0.2, -0.15) is 0 Å². The lowest BCUT2D eigenvalue weighted by atomic mass is 9.89. The molecule has 0 radical (unpaired) electrons. The van der Waals surface area contributed by atoms with Crippen LogP contribution in [0.3, 0.4) is 0 Å². The summed E-state index contributed by atoms with van der Waals surface area (Å²) >= 11 is 0. The molecule has 0 aliphatic carbocycles. The number of carbonyl (C=O) groups is 2.